The number of amides is 1. The van der Waals surface area contributed by atoms with Crippen molar-refractivity contribution in [3.05, 3.63) is 77.6 Å². The topological polar surface area (TPSA) is 75.4 Å². The van der Waals surface area contributed by atoms with Crippen molar-refractivity contribution in [3.63, 3.8) is 0 Å². The Balaban J connectivity index is 1.58. The van der Waals surface area contributed by atoms with Gasteiger partial charge in [-0.3, -0.25) is 4.79 Å². The Morgan fingerprint density at radius 2 is 1.85 bits per heavy atom. The molecule has 0 spiro atoms. The van der Waals surface area contributed by atoms with Crippen molar-refractivity contribution in [2.24, 2.45) is 0 Å². The van der Waals surface area contributed by atoms with Crippen LogP contribution in [0.25, 0.3) is 11.3 Å². The molecule has 1 aromatic heterocycles. The molecule has 3 rings (SSSR count). The molecular formula is C21H22N2O3. The summed E-state index contributed by atoms with van der Waals surface area (Å²) >= 11 is 0. The van der Waals surface area contributed by atoms with Gasteiger partial charge in [0.25, 0.3) is 0 Å². The summed E-state index contributed by atoms with van der Waals surface area (Å²) in [6.45, 7) is 4.01. The van der Waals surface area contributed by atoms with Gasteiger partial charge < -0.3 is 14.9 Å². The van der Waals surface area contributed by atoms with Crippen LogP contribution in [-0.4, -0.2) is 22.3 Å². The van der Waals surface area contributed by atoms with Gasteiger partial charge in [-0.25, -0.2) is 0 Å². The lowest BCUT2D eigenvalue weighted by Crippen LogP contribution is -2.37. The summed E-state index contributed by atoms with van der Waals surface area (Å²) in [5.74, 6) is -0.201. The number of carbonyl (C=O) groups is 1. The average molecular weight is 350 g/mol. The molecule has 26 heavy (non-hydrogen) atoms. The molecular weight excluding hydrogens is 328 g/mol. The van der Waals surface area contributed by atoms with Crippen molar-refractivity contribution in [1.82, 2.24) is 10.5 Å². The van der Waals surface area contributed by atoms with Crippen LogP contribution in [0, 0.1) is 6.92 Å². The summed E-state index contributed by atoms with van der Waals surface area (Å²) in [5, 5.41) is 17.0. The second-order valence-corrected chi connectivity index (χ2v) is 6.41. The Kier molecular flexibility index (Phi) is 5.49. The van der Waals surface area contributed by atoms with E-state index in [-0.39, 0.29) is 12.5 Å². The average Bonchev–Trinajstić information content (AvgIpc) is 3.15. The van der Waals surface area contributed by atoms with Crippen molar-refractivity contribution in [3.8, 4) is 11.3 Å². The fourth-order valence-electron chi connectivity index (χ4n) is 2.70. The van der Waals surface area contributed by atoms with E-state index in [2.05, 4.69) is 10.5 Å². The zero-order valence-corrected chi connectivity index (χ0v) is 14.8. The highest BCUT2D eigenvalue weighted by molar-refractivity contribution is 5.81. The minimum atomic E-state index is -1.13. The molecule has 0 aliphatic carbocycles. The smallest absolute Gasteiger partial charge is 0.249 e. The van der Waals surface area contributed by atoms with Crippen LogP contribution in [0.2, 0.25) is 0 Å². The molecule has 5 nitrogen and oxygen atoms in total. The zero-order chi connectivity index (χ0) is 18.5. The number of nitrogens with one attached hydrogen (secondary N) is 1. The largest absolute Gasteiger partial charge is 0.383 e. The lowest BCUT2D eigenvalue weighted by Gasteiger charge is -2.18. The number of nitrogens with zero attached hydrogens (tertiary/aromatic N) is 1. The molecule has 0 bridgehead atoms. The predicted molar refractivity (Wildman–Crippen MR) is 99.4 cm³/mol. The normalized spacial score (nSPS) is 13.2. The van der Waals surface area contributed by atoms with E-state index >= 15 is 0 Å². The van der Waals surface area contributed by atoms with Crippen molar-refractivity contribution < 1.29 is 14.4 Å². The molecule has 0 fully saturated rings. The van der Waals surface area contributed by atoms with Gasteiger partial charge in [-0.15, -0.1) is 0 Å². The van der Waals surface area contributed by atoms with Crippen LogP contribution in [0.15, 0.2) is 65.2 Å². The molecule has 0 saturated carbocycles. The molecule has 0 saturated heterocycles. The van der Waals surface area contributed by atoms with E-state index in [0.717, 1.165) is 16.7 Å². The molecule has 2 unspecified atom stereocenters. The molecule has 5 heteroatoms. The highest BCUT2D eigenvalue weighted by Gasteiger charge is 2.23. The number of aliphatic hydroxyl groups is 1. The SMILES string of the molecule is Cc1ccc(C(C)C(O)C(=O)NCc2cc(-c3ccccc3)no2)cc1. The minimum Gasteiger partial charge on any atom is -0.383 e. The first-order valence-corrected chi connectivity index (χ1v) is 8.58. The standard InChI is InChI=1S/C21H22N2O3/c1-14-8-10-16(11-9-14)15(2)20(24)21(25)22-13-18-12-19(23-26-18)17-6-4-3-5-7-17/h3-12,15,20,24H,13H2,1-2H3,(H,22,25). The van der Waals surface area contributed by atoms with Crippen molar-refractivity contribution >= 4 is 5.91 Å². The second-order valence-electron chi connectivity index (χ2n) is 6.41. The van der Waals surface area contributed by atoms with Crippen LogP contribution >= 0.6 is 0 Å². The third-order valence-corrected chi connectivity index (χ3v) is 4.41. The number of aliphatic hydroxyl groups excluding tert-OH is 1. The third-order valence-electron chi connectivity index (χ3n) is 4.41. The van der Waals surface area contributed by atoms with Crippen molar-refractivity contribution in [1.29, 1.82) is 0 Å². The predicted octanol–water partition coefficient (Wildman–Crippen LogP) is 3.43. The molecule has 134 valence electrons. The summed E-state index contributed by atoms with van der Waals surface area (Å²) in [6.07, 6.45) is -1.13. The van der Waals surface area contributed by atoms with E-state index in [1.54, 1.807) is 6.07 Å². The fourth-order valence-corrected chi connectivity index (χ4v) is 2.70. The highest BCUT2D eigenvalue weighted by atomic mass is 16.5. The van der Waals surface area contributed by atoms with Crippen LogP contribution in [0.4, 0.5) is 0 Å². The molecule has 2 N–H and O–H groups in total. The van der Waals surface area contributed by atoms with Gasteiger partial charge in [0.15, 0.2) is 5.76 Å². The number of hydrogen-bond donors (Lipinski definition) is 2. The van der Waals surface area contributed by atoms with E-state index < -0.39 is 12.0 Å². The number of aromatic nitrogens is 1. The number of carbonyl (C=O) groups excluding carboxylic acids is 1. The van der Waals surface area contributed by atoms with E-state index in [1.165, 1.54) is 0 Å². The maximum atomic E-state index is 12.3. The lowest BCUT2D eigenvalue weighted by molar-refractivity contribution is -0.130. The summed E-state index contributed by atoms with van der Waals surface area (Å²) in [5.41, 5.74) is 3.72. The van der Waals surface area contributed by atoms with E-state index in [0.29, 0.717) is 11.5 Å². The molecule has 0 aliphatic rings. The minimum absolute atomic E-state index is 0.177. The van der Waals surface area contributed by atoms with Crippen molar-refractivity contribution in [2.45, 2.75) is 32.4 Å². The summed E-state index contributed by atoms with van der Waals surface area (Å²) < 4.78 is 5.26. The van der Waals surface area contributed by atoms with E-state index in [4.69, 9.17) is 4.52 Å². The van der Waals surface area contributed by atoms with Crippen LogP contribution in [-0.2, 0) is 11.3 Å². The Morgan fingerprint density at radius 1 is 1.15 bits per heavy atom. The third kappa shape index (κ3) is 4.18. The Morgan fingerprint density at radius 3 is 2.54 bits per heavy atom. The first-order chi connectivity index (χ1) is 12.5. The van der Waals surface area contributed by atoms with Crippen molar-refractivity contribution in [2.75, 3.05) is 0 Å². The monoisotopic (exact) mass is 350 g/mol. The van der Waals surface area contributed by atoms with Crippen LogP contribution in [0.3, 0.4) is 0 Å². The molecule has 1 amide bonds. The molecule has 0 radical (unpaired) electrons. The maximum absolute atomic E-state index is 12.3. The number of hydrogen-bond acceptors (Lipinski definition) is 4. The summed E-state index contributed by atoms with van der Waals surface area (Å²) in [6, 6.07) is 19.2. The second kappa shape index (κ2) is 7.97. The molecule has 2 aromatic carbocycles. The number of benzene rings is 2. The van der Waals surface area contributed by atoms with Crippen LogP contribution < -0.4 is 5.32 Å². The zero-order valence-electron chi connectivity index (χ0n) is 14.8. The van der Waals surface area contributed by atoms with Gasteiger partial charge in [-0.05, 0) is 12.5 Å². The molecule has 3 aromatic rings. The van der Waals surface area contributed by atoms with E-state index in [1.807, 2.05) is 68.4 Å². The highest BCUT2D eigenvalue weighted by Crippen LogP contribution is 2.21. The molecule has 0 aliphatic heterocycles. The van der Waals surface area contributed by atoms with Gasteiger partial charge in [-0.2, -0.15) is 0 Å². The van der Waals surface area contributed by atoms with Gasteiger partial charge >= 0.3 is 0 Å². The molecule has 2 atom stereocenters. The maximum Gasteiger partial charge on any atom is 0.249 e. The molecule has 1 heterocycles. The fraction of sp³-hybridized carbons (Fsp3) is 0.238. The van der Waals surface area contributed by atoms with Gasteiger partial charge in [0.2, 0.25) is 5.91 Å². The van der Waals surface area contributed by atoms with Gasteiger partial charge in [-0.1, -0.05) is 72.2 Å². The van der Waals surface area contributed by atoms with Crippen LogP contribution in [0.1, 0.15) is 29.7 Å². The van der Waals surface area contributed by atoms with Gasteiger partial charge in [0, 0.05) is 17.5 Å². The van der Waals surface area contributed by atoms with Crippen LogP contribution in [0.5, 0.6) is 0 Å². The Hall–Kier alpha value is -2.92. The number of aryl methyl sites for hydroxylation is 1. The Labute approximate surface area is 152 Å². The first kappa shape index (κ1) is 17.9. The summed E-state index contributed by atoms with van der Waals surface area (Å²) in [7, 11) is 0. The Bertz CT molecular complexity index is 856. The first-order valence-electron chi connectivity index (χ1n) is 8.58. The number of rotatable bonds is 6. The summed E-state index contributed by atoms with van der Waals surface area (Å²) in [4.78, 5) is 12.3. The van der Waals surface area contributed by atoms with E-state index in [9.17, 15) is 9.90 Å². The van der Waals surface area contributed by atoms with Gasteiger partial charge in [0.05, 0.1) is 6.54 Å². The lowest BCUT2D eigenvalue weighted by atomic mass is 9.94. The van der Waals surface area contributed by atoms with Gasteiger partial charge in [0.1, 0.15) is 11.8 Å². The quantitative estimate of drug-likeness (QED) is 0.714.